The first-order chi connectivity index (χ1) is 12.0. The summed E-state index contributed by atoms with van der Waals surface area (Å²) in [7, 11) is 3.11. The Bertz CT molecular complexity index is 661. The molecule has 1 saturated heterocycles. The molecule has 0 radical (unpaired) electrons. The molecule has 1 N–H and O–H groups in total. The number of benzene rings is 1. The van der Waals surface area contributed by atoms with E-state index in [1.54, 1.807) is 32.4 Å². The van der Waals surface area contributed by atoms with Crippen LogP contribution in [0.1, 0.15) is 32.6 Å². The lowest BCUT2D eigenvalue weighted by Gasteiger charge is -2.32. The van der Waals surface area contributed by atoms with Crippen molar-refractivity contribution in [3.05, 3.63) is 18.2 Å². The maximum absolute atomic E-state index is 12.9. The van der Waals surface area contributed by atoms with E-state index in [4.69, 9.17) is 9.47 Å². The van der Waals surface area contributed by atoms with Gasteiger partial charge in [-0.2, -0.15) is 0 Å². The number of piperidine rings is 1. The zero-order valence-corrected chi connectivity index (χ0v) is 15.1. The van der Waals surface area contributed by atoms with Gasteiger partial charge in [0.15, 0.2) is 11.5 Å². The number of hydrogen-bond acceptors (Lipinski definition) is 4. The average molecular weight is 346 g/mol. The van der Waals surface area contributed by atoms with E-state index in [2.05, 4.69) is 12.2 Å². The molecule has 0 spiro atoms. The van der Waals surface area contributed by atoms with Gasteiger partial charge in [-0.1, -0.05) is 6.92 Å². The van der Waals surface area contributed by atoms with Gasteiger partial charge >= 0.3 is 0 Å². The normalized spacial score (nSPS) is 19.2. The Kier molecular flexibility index (Phi) is 4.88. The molecule has 1 aliphatic carbocycles. The standard InChI is InChI=1S/C19H26N2O4/c1-13-6-10-21(11-7-13)18(23)19(8-9-19)17(22)20-14-4-5-15(24-2)16(12-14)25-3/h4-5,12-13H,6-11H2,1-3H3,(H,20,22). The highest BCUT2D eigenvalue weighted by molar-refractivity contribution is 6.13. The highest BCUT2D eigenvalue weighted by Gasteiger charge is 2.58. The summed E-state index contributed by atoms with van der Waals surface area (Å²) in [5, 5.41) is 2.88. The van der Waals surface area contributed by atoms with Crippen molar-refractivity contribution >= 4 is 17.5 Å². The third-order valence-electron chi connectivity index (χ3n) is 5.31. The van der Waals surface area contributed by atoms with E-state index in [9.17, 15) is 9.59 Å². The first-order valence-electron chi connectivity index (χ1n) is 8.83. The number of nitrogens with zero attached hydrogens (tertiary/aromatic N) is 1. The number of methoxy groups -OCH3 is 2. The molecule has 2 fully saturated rings. The van der Waals surface area contributed by atoms with Gasteiger partial charge in [0.05, 0.1) is 14.2 Å². The molecule has 1 heterocycles. The molecule has 1 aromatic carbocycles. The Hall–Kier alpha value is -2.24. The largest absolute Gasteiger partial charge is 0.493 e. The van der Waals surface area contributed by atoms with Crippen LogP contribution in [-0.4, -0.2) is 44.0 Å². The molecule has 25 heavy (non-hydrogen) atoms. The topological polar surface area (TPSA) is 67.9 Å². The van der Waals surface area contributed by atoms with Crippen LogP contribution < -0.4 is 14.8 Å². The van der Waals surface area contributed by atoms with Gasteiger partial charge in [-0.3, -0.25) is 9.59 Å². The molecule has 0 atom stereocenters. The summed E-state index contributed by atoms with van der Waals surface area (Å²) in [6.45, 7) is 3.72. The first-order valence-corrected chi connectivity index (χ1v) is 8.83. The second-order valence-corrected chi connectivity index (χ2v) is 7.08. The maximum Gasteiger partial charge on any atom is 0.240 e. The average Bonchev–Trinajstić information content (AvgIpc) is 3.43. The zero-order valence-electron chi connectivity index (χ0n) is 15.1. The number of hydrogen-bond donors (Lipinski definition) is 1. The molecule has 2 aliphatic rings. The molecule has 1 aliphatic heterocycles. The van der Waals surface area contributed by atoms with Gasteiger partial charge in [-0.25, -0.2) is 0 Å². The maximum atomic E-state index is 12.9. The van der Waals surface area contributed by atoms with Crippen molar-refractivity contribution in [2.45, 2.75) is 32.6 Å². The number of anilines is 1. The number of carbonyl (C=O) groups excluding carboxylic acids is 2. The fraction of sp³-hybridized carbons (Fsp3) is 0.579. The Morgan fingerprint density at radius 3 is 2.32 bits per heavy atom. The molecule has 0 bridgehead atoms. The van der Waals surface area contributed by atoms with E-state index in [1.807, 2.05) is 4.90 Å². The van der Waals surface area contributed by atoms with Crippen molar-refractivity contribution in [2.75, 3.05) is 32.6 Å². The first kappa shape index (κ1) is 17.6. The van der Waals surface area contributed by atoms with Crippen molar-refractivity contribution in [2.24, 2.45) is 11.3 Å². The van der Waals surface area contributed by atoms with Crippen molar-refractivity contribution in [3.63, 3.8) is 0 Å². The molecular weight excluding hydrogens is 320 g/mol. The van der Waals surface area contributed by atoms with Crippen LogP contribution in [0.25, 0.3) is 0 Å². The third-order valence-corrected chi connectivity index (χ3v) is 5.31. The summed E-state index contributed by atoms with van der Waals surface area (Å²) in [6.07, 6.45) is 3.27. The van der Waals surface area contributed by atoms with Gasteiger partial charge < -0.3 is 19.7 Å². The predicted molar refractivity (Wildman–Crippen MR) is 94.8 cm³/mol. The van der Waals surface area contributed by atoms with Gasteiger partial charge in [-0.05, 0) is 43.7 Å². The van der Waals surface area contributed by atoms with Gasteiger partial charge in [-0.15, -0.1) is 0 Å². The van der Waals surface area contributed by atoms with Crippen LogP contribution in [0, 0.1) is 11.3 Å². The van der Waals surface area contributed by atoms with E-state index in [1.165, 1.54) is 0 Å². The highest BCUT2D eigenvalue weighted by atomic mass is 16.5. The van der Waals surface area contributed by atoms with Crippen molar-refractivity contribution in [1.82, 2.24) is 4.90 Å². The number of amides is 2. The van der Waals surface area contributed by atoms with E-state index in [0.29, 0.717) is 35.9 Å². The molecular formula is C19H26N2O4. The molecule has 6 heteroatoms. The Morgan fingerprint density at radius 2 is 1.76 bits per heavy atom. The van der Waals surface area contributed by atoms with E-state index >= 15 is 0 Å². The Labute approximate surface area is 148 Å². The van der Waals surface area contributed by atoms with Gasteiger partial charge in [0.1, 0.15) is 5.41 Å². The van der Waals surface area contributed by atoms with Crippen molar-refractivity contribution < 1.29 is 19.1 Å². The molecule has 3 rings (SSSR count). The predicted octanol–water partition coefficient (Wildman–Crippen LogP) is 2.68. The zero-order chi connectivity index (χ0) is 18.0. The number of rotatable bonds is 5. The Morgan fingerprint density at radius 1 is 1.12 bits per heavy atom. The quantitative estimate of drug-likeness (QED) is 0.833. The van der Waals surface area contributed by atoms with Gasteiger partial charge in [0.25, 0.3) is 0 Å². The lowest BCUT2D eigenvalue weighted by molar-refractivity contribution is -0.143. The molecule has 136 valence electrons. The number of likely N-dealkylation sites (tertiary alicyclic amines) is 1. The summed E-state index contributed by atoms with van der Waals surface area (Å²) in [6, 6.07) is 5.20. The van der Waals surface area contributed by atoms with Gasteiger partial charge in [0.2, 0.25) is 11.8 Å². The second kappa shape index (κ2) is 6.94. The van der Waals surface area contributed by atoms with Crippen molar-refractivity contribution in [1.29, 1.82) is 0 Å². The third kappa shape index (κ3) is 3.43. The number of ether oxygens (including phenoxy) is 2. The Balaban J connectivity index is 1.69. The van der Waals surface area contributed by atoms with Crippen LogP contribution in [-0.2, 0) is 9.59 Å². The van der Waals surface area contributed by atoms with E-state index in [0.717, 1.165) is 25.9 Å². The molecule has 1 saturated carbocycles. The summed E-state index contributed by atoms with van der Waals surface area (Å²) >= 11 is 0. The van der Waals surface area contributed by atoms with Crippen molar-refractivity contribution in [3.8, 4) is 11.5 Å². The van der Waals surface area contributed by atoms with Gasteiger partial charge in [0, 0.05) is 24.8 Å². The molecule has 0 unspecified atom stereocenters. The second-order valence-electron chi connectivity index (χ2n) is 7.08. The van der Waals surface area contributed by atoms with Crippen LogP contribution in [0.3, 0.4) is 0 Å². The lowest BCUT2D eigenvalue weighted by atomic mass is 9.96. The number of nitrogens with one attached hydrogen (secondary N) is 1. The minimum atomic E-state index is -0.881. The van der Waals surface area contributed by atoms with Crippen LogP contribution in [0.2, 0.25) is 0 Å². The smallest absolute Gasteiger partial charge is 0.240 e. The molecule has 6 nitrogen and oxygen atoms in total. The SMILES string of the molecule is COc1ccc(NC(=O)C2(C(=O)N3CCC(C)CC3)CC2)cc1OC. The fourth-order valence-corrected chi connectivity index (χ4v) is 3.34. The highest BCUT2D eigenvalue weighted by Crippen LogP contribution is 2.48. The summed E-state index contributed by atoms with van der Waals surface area (Å²) in [4.78, 5) is 27.5. The minimum Gasteiger partial charge on any atom is -0.493 e. The lowest BCUT2D eigenvalue weighted by Crippen LogP contribution is -2.46. The van der Waals surface area contributed by atoms with Crippen LogP contribution in [0.5, 0.6) is 11.5 Å². The summed E-state index contributed by atoms with van der Waals surface area (Å²) in [5.74, 6) is 1.56. The molecule has 0 aromatic heterocycles. The monoisotopic (exact) mass is 346 g/mol. The van der Waals surface area contributed by atoms with Crippen LogP contribution >= 0.6 is 0 Å². The summed E-state index contributed by atoms with van der Waals surface area (Å²) in [5.41, 5.74) is -0.276. The molecule has 2 amide bonds. The van der Waals surface area contributed by atoms with E-state index in [-0.39, 0.29) is 11.8 Å². The summed E-state index contributed by atoms with van der Waals surface area (Å²) < 4.78 is 10.5. The van der Waals surface area contributed by atoms with Crippen LogP contribution in [0.4, 0.5) is 5.69 Å². The molecule has 1 aromatic rings. The van der Waals surface area contributed by atoms with E-state index < -0.39 is 5.41 Å². The fourth-order valence-electron chi connectivity index (χ4n) is 3.34. The minimum absolute atomic E-state index is 0.0163. The van der Waals surface area contributed by atoms with Crippen LogP contribution in [0.15, 0.2) is 18.2 Å². The number of carbonyl (C=O) groups is 2.